The fraction of sp³-hybridized carbons (Fsp3) is 0.231. The van der Waals surface area contributed by atoms with Crippen LogP contribution in [0.5, 0.6) is 0 Å². The third-order valence-corrected chi connectivity index (χ3v) is 2.92. The Morgan fingerprint density at radius 3 is 2.72 bits per heavy atom. The molecule has 1 N–H and O–H groups in total. The zero-order valence-corrected chi connectivity index (χ0v) is 10.1. The molecule has 0 aliphatic rings. The molecule has 1 aromatic carbocycles. The first kappa shape index (κ1) is 12.3. The average Bonchev–Trinajstić information content (AvgIpc) is 2.70. The van der Waals surface area contributed by atoms with Crippen LogP contribution in [0.3, 0.4) is 0 Å². The molecule has 0 fully saturated rings. The van der Waals surface area contributed by atoms with Crippen LogP contribution < -0.4 is 0 Å². The highest BCUT2D eigenvalue weighted by molar-refractivity contribution is 5.90. The monoisotopic (exact) mass is 248 g/mol. The van der Waals surface area contributed by atoms with Gasteiger partial charge in [-0.25, -0.2) is 9.18 Å². The van der Waals surface area contributed by atoms with Crippen molar-refractivity contribution in [3.05, 3.63) is 41.5 Å². The molecule has 0 aliphatic heterocycles. The third-order valence-electron chi connectivity index (χ3n) is 2.92. The van der Waals surface area contributed by atoms with Gasteiger partial charge < -0.3 is 5.11 Å². The van der Waals surface area contributed by atoms with Crippen LogP contribution in [0, 0.1) is 12.7 Å². The van der Waals surface area contributed by atoms with Crippen molar-refractivity contribution < 1.29 is 14.3 Å². The number of aromatic carboxylic acids is 1. The van der Waals surface area contributed by atoms with Crippen LogP contribution in [0.15, 0.2) is 24.4 Å². The van der Waals surface area contributed by atoms with Gasteiger partial charge in [-0.3, -0.25) is 4.68 Å². The number of hydrogen-bond donors (Lipinski definition) is 1. The summed E-state index contributed by atoms with van der Waals surface area (Å²) in [7, 11) is 0. The summed E-state index contributed by atoms with van der Waals surface area (Å²) in [5.74, 6) is -1.99. The van der Waals surface area contributed by atoms with E-state index in [0.29, 0.717) is 12.1 Å². The van der Waals surface area contributed by atoms with Crippen molar-refractivity contribution in [3.63, 3.8) is 0 Å². The maximum Gasteiger partial charge on any atom is 0.338 e. The Hall–Kier alpha value is -2.17. The molecule has 4 nitrogen and oxygen atoms in total. The van der Waals surface area contributed by atoms with Crippen LogP contribution in [0.25, 0.3) is 11.1 Å². The van der Waals surface area contributed by atoms with Gasteiger partial charge in [0.15, 0.2) is 0 Å². The standard InChI is InChI=1S/C13H13FN2O2/c1-3-16-8(2)11(7-15-16)9-5-4-6-10(12(9)14)13(17)18/h4-7H,3H2,1-2H3,(H,17,18). The van der Waals surface area contributed by atoms with Gasteiger partial charge in [0.1, 0.15) is 5.82 Å². The predicted molar refractivity (Wildman–Crippen MR) is 65.0 cm³/mol. The molecule has 2 rings (SSSR count). The molecule has 1 aromatic heterocycles. The molecule has 5 heteroatoms. The molecule has 0 aliphatic carbocycles. The van der Waals surface area contributed by atoms with Crippen molar-refractivity contribution in [2.45, 2.75) is 20.4 Å². The topological polar surface area (TPSA) is 55.1 Å². The SMILES string of the molecule is CCn1ncc(-c2cccc(C(=O)O)c2F)c1C. The summed E-state index contributed by atoms with van der Waals surface area (Å²) < 4.78 is 15.8. The zero-order chi connectivity index (χ0) is 13.3. The molecule has 94 valence electrons. The Labute approximate surface area is 104 Å². The summed E-state index contributed by atoms with van der Waals surface area (Å²) >= 11 is 0. The predicted octanol–water partition coefficient (Wildman–Crippen LogP) is 2.72. The van der Waals surface area contributed by atoms with Gasteiger partial charge in [-0.1, -0.05) is 12.1 Å². The third kappa shape index (κ3) is 1.88. The Bertz CT molecular complexity index is 605. The Kier molecular flexibility index (Phi) is 3.14. The molecule has 18 heavy (non-hydrogen) atoms. The normalized spacial score (nSPS) is 10.6. The van der Waals surface area contributed by atoms with E-state index in [1.54, 1.807) is 16.9 Å². The van der Waals surface area contributed by atoms with E-state index in [9.17, 15) is 9.18 Å². The van der Waals surface area contributed by atoms with Crippen molar-refractivity contribution in [1.29, 1.82) is 0 Å². The fourth-order valence-corrected chi connectivity index (χ4v) is 1.93. The second-order valence-corrected chi connectivity index (χ2v) is 3.93. The lowest BCUT2D eigenvalue weighted by atomic mass is 10.0. The van der Waals surface area contributed by atoms with Gasteiger partial charge in [0, 0.05) is 23.4 Å². The van der Waals surface area contributed by atoms with Gasteiger partial charge >= 0.3 is 5.97 Å². The summed E-state index contributed by atoms with van der Waals surface area (Å²) in [4.78, 5) is 10.9. The smallest absolute Gasteiger partial charge is 0.338 e. The summed E-state index contributed by atoms with van der Waals surface area (Å²) in [6.45, 7) is 4.46. The lowest BCUT2D eigenvalue weighted by Gasteiger charge is -2.06. The minimum absolute atomic E-state index is 0.270. The zero-order valence-electron chi connectivity index (χ0n) is 10.1. The Morgan fingerprint density at radius 2 is 2.17 bits per heavy atom. The van der Waals surface area contributed by atoms with E-state index in [0.717, 1.165) is 5.69 Å². The number of aromatic nitrogens is 2. The first-order valence-corrected chi connectivity index (χ1v) is 5.60. The second-order valence-electron chi connectivity index (χ2n) is 3.93. The van der Waals surface area contributed by atoms with Crippen molar-refractivity contribution in [2.24, 2.45) is 0 Å². The van der Waals surface area contributed by atoms with E-state index >= 15 is 0 Å². The van der Waals surface area contributed by atoms with Crippen LogP contribution >= 0.6 is 0 Å². The lowest BCUT2D eigenvalue weighted by Crippen LogP contribution is -2.02. The highest BCUT2D eigenvalue weighted by atomic mass is 19.1. The van der Waals surface area contributed by atoms with E-state index in [4.69, 9.17) is 5.11 Å². The van der Waals surface area contributed by atoms with Gasteiger partial charge in [-0.2, -0.15) is 5.10 Å². The molecule has 0 atom stereocenters. The summed E-state index contributed by atoms with van der Waals surface area (Å²) in [5, 5.41) is 13.0. The van der Waals surface area contributed by atoms with E-state index in [2.05, 4.69) is 5.10 Å². The molecular formula is C13H13FN2O2. The van der Waals surface area contributed by atoms with Gasteiger partial charge in [0.25, 0.3) is 0 Å². The number of benzene rings is 1. The molecule has 2 aromatic rings. The van der Waals surface area contributed by atoms with Crippen LogP contribution in [-0.4, -0.2) is 20.9 Å². The minimum Gasteiger partial charge on any atom is -0.478 e. The van der Waals surface area contributed by atoms with Crippen LogP contribution in [-0.2, 0) is 6.54 Å². The van der Waals surface area contributed by atoms with Gasteiger partial charge in [-0.05, 0) is 19.9 Å². The van der Waals surface area contributed by atoms with Crippen LogP contribution in [0.4, 0.5) is 4.39 Å². The van der Waals surface area contributed by atoms with Crippen molar-refractivity contribution in [3.8, 4) is 11.1 Å². The quantitative estimate of drug-likeness (QED) is 0.908. The largest absolute Gasteiger partial charge is 0.478 e. The number of nitrogens with zero attached hydrogens (tertiary/aromatic N) is 2. The van der Waals surface area contributed by atoms with Crippen molar-refractivity contribution in [2.75, 3.05) is 0 Å². The second kappa shape index (κ2) is 4.60. The number of hydrogen-bond acceptors (Lipinski definition) is 2. The molecule has 0 saturated heterocycles. The highest BCUT2D eigenvalue weighted by Crippen LogP contribution is 2.27. The molecular weight excluding hydrogens is 235 g/mol. The van der Waals surface area contributed by atoms with E-state index in [-0.39, 0.29) is 11.1 Å². The molecule has 0 unspecified atom stereocenters. The van der Waals surface area contributed by atoms with E-state index in [1.807, 2.05) is 13.8 Å². The van der Waals surface area contributed by atoms with Crippen LogP contribution in [0.1, 0.15) is 23.0 Å². The molecule has 0 amide bonds. The van der Waals surface area contributed by atoms with Gasteiger partial charge in [-0.15, -0.1) is 0 Å². The summed E-state index contributed by atoms with van der Waals surface area (Å²) in [6, 6.07) is 4.34. The first-order valence-electron chi connectivity index (χ1n) is 5.60. The number of rotatable bonds is 3. The number of carbonyl (C=O) groups is 1. The van der Waals surface area contributed by atoms with Crippen molar-refractivity contribution in [1.82, 2.24) is 9.78 Å². The molecule has 0 bridgehead atoms. The van der Waals surface area contributed by atoms with E-state index in [1.165, 1.54) is 12.1 Å². The van der Waals surface area contributed by atoms with Gasteiger partial charge in [0.05, 0.1) is 11.8 Å². The van der Waals surface area contributed by atoms with Crippen molar-refractivity contribution >= 4 is 5.97 Å². The minimum atomic E-state index is -1.27. The number of halogens is 1. The number of carboxylic acid groups (broad SMARTS) is 1. The maximum absolute atomic E-state index is 14.1. The number of carboxylic acids is 1. The molecule has 0 spiro atoms. The Balaban J connectivity index is 2.61. The Morgan fingerprint density at radius 1 is 1.44 bits per heavy atom. The first-order chi connectivity index (χ1) is 8.56. The summed E-state index contributed by atoms with van der Waals surface area (Å²) in [5.41, 5.74) is 1.39. The molecule has 0 radical (unpaired) electrons. The van der Waals surface area contributed by atoms with E-state index < -0.39 is 11.8 Å². The molecule has 1 heterocycles. The number of aryl methyl sites for hydroxylation is 1. The average molecular weight is 248 g/mol. The maximum atomic E-state index is 14.1. The van der Waals surface area contributed by atoms with Gasteiger partial charge in [0.2, 0.25) is 0 Å². The lowest BCUT2D eigenvalue weighted by molar-refractivity contribution is 0.0692. The molecule has 0 saturated carbocycles. The fourth-order valence-electron chi connectivity index (χ4n) is 1.93. The summed E-state index contributed by atoms with van der Waals surface area (Å²) in [6.07, 6.45) is 1.56. The highest BCUT2D eigenvalue weighted by Gasteiger charge is 2.17. The van der Waals surface area contributed by atoms with Crippen LogP contribution in [0.2, 0.25) is 0 Å².